The lowest BCUT2D eigenvalue weighted by Gasteiger charge is -2.35. The van der Waals surface area contributed by atoms with Gasteiger partial charge < -0.3 is 14.4 Å². The van der Waals surface area contributed by atoms with E-state index in [9.17, 15) is 4.79 Å². The fraction of sp³-hybridized carbons (Fsp3) is 0.476. The van der Waals surface area contributed by atoms with Gasteiger partial charge in [0.15, 0.2) is 0 Å². The number of benzene rings is 1. The van der Waals surface area contributed by atoms with E-state index in [1.165, 1.54) is 5.56 Å². The average Bonchev–Trinajstić information content (AvgIpc) is 3.24. The van der Waals surface area contributed by atoms with Gasteiger partial charge in [0.25, 0.3) is 5.91 Å². The summed E-state index contributed by atoms with van der Waals surface area (Å²) in [6, 6.07) is 10.4. The summed E-state index contributed by atoms with van der Waals surface area (Å²) >= 11 is 0. The number of amides is 1. The number of hydrogen-bond donors (Lipinski definition) is 0. The van der Waals surface area contributed by atoms with Gasteiger partial charge in [-0.3, -0.25) is 9.78 Å². The van der Waals surface area contributed by atoms with Crippen molar-refractivity contribution in [2.24, 2.45) is 0 Å². The molecule has 1 aromatic carbocycles. The van der Waals surface area contributed by atoms with Crippen LogP contribution in [0.2, 0.25) is 0 Å². The Morgan fingerprint density at radius 1 is 1.07 bits per heavy atom. The Morgan fingerprint density at radius 2 is 1.89 bits per heavy atom. The molecule has 2 aromatic rings. The minimum atomic E-state index is -0.666. The number of aromatic nitrogens is 2. The van der Waals surface area contributed by atoms with Crippen LogP contribution in [0.25, 0.3) is 0 Å². The maximum absolute atomic E-state index is 13.4. The zero-order valence-corrected chi connectivity index (χ0v) is 15.2. The third-order valence-electron chi connectivity index (χ3n) is 6.07. The highest BCUT2D eigenvalue weighted by molar-refractivity contribution is 5.88. The van der Waals surface area contributed by atoms with Gasteiger partial charge in [0.2, 0.25) is 5.88 Å². The minimum Gasteiger partial charge on any atom is -0.473 e. The van der Waals surface area contributed by atoms with Crippen LogP contribution in [-0.4, -0.2) is 38.7 Å². The van der Waals surface area contributed by atoms with Gasteiger partial charge in [-0.15, -0.1) is 0 Å². The molecule has 140 valence electrons. The van der Waals surface area contributed by atoms with Gasteiger partial charge >= 0.3 is 0 Å². The molecule has 6 nitrogen and oxygen atoms in total. The highest BCUT2D eigenvalue weighted by atomic mass is 16.6. The van der Waals surface area contributed by atoms with Crippen LogP contribution in [0.1, 0.15) is 50.1 Å². The molecule has 27 heavy (non-hydrogen) atoms. The minimum absolute atomic E-state index is 0.0593. The van der Waals surface area contributed by atoms with Gasteiger partial charge in [-0.25, -0.2) is 4.98 Å². The molecular weight excluding hydrogens is 342 g/mol. The van der Waals surface area contributed by atoms with E-state index in [0.29, 0.717) is 18.7 Å². The number of hydrogen-bond acceptors (Lipinski definition) is 5. The summed E-state index contributed by atoms with van der Waals surface area (Å²) in [6.45, 7) is 0. The summed E-state index contributed by atoms with van der Waals surface area (Å²) in [6.07, 6.45) is 9.72. The second-order valence-corrected chi connectivity index (χ2v) is 7.64. The quantitative estimate of drug-likeness (QED) is 0.835. The van der Waals surface area contributed by atoms with E-state index in [1.807, 2.05) is 23.1 Å². The Bertz CT molecular complexity index is 806. The third-order valence-corrected chi connectivity index (χ3v) is 6.07. The average molecular weight is 365 g/mol. The van der Waals surface area contributed by atoms with Crippen molar-refractivity contribution in [2.45, 2.75) is 62.5 Å². The first kappa shape index (κ1) is 16.7. The maximum atomic E-state index is 13.4. The van der Waals surface area contributed by atoms with Crippen LogP contribution >= 0.6 is 0 Å². The predicted molar refractivity (Wildman–Crippen MR) is 97.8 cm³/mol. The monoisotopic (exact) mass is 365 g/mol. The fourth-order valence-electron chi connectivity index (χ4n) is 4.74. The molecule has 1 saturated carbocycles. The van der Waals surface area contributed by atoms with Gasteiger partial charge in [0.1, 0.15) is 17.9 Å². The van der Waals surface area contributed by atoms with Crippen molar-refractivity contribution in [3.63, 3.8) is 0 Å². The van der Waals surface area contributed by atoms with Crippen LogP contribution in [-0.2, 0) is 9.53 Å². The van der Waals surface area contributed by atoms with E-state index in [-0.39, 0.29) is 24.3 Å². The zero-order chi connectivity index (χ0) is 18.3. The number of carbonyl (C=O) groups excluding carboxylic acids is 1. The Hall–Kier alpha value is -2.47. The molecule has 5 rings (SSSR count). The zero-order valence-electron chi connectivity index (χ0n) is 15.2. The lowest BCUT2D eigenvalue weighted by atomic mass is 9.82. The van der Waals surface area contributed by atoms with Crippen molar-refractivity contribution in [1.82, 2.24) is 14.9 Å². The van der Waals surface area contributed by atoms with Crippen LogP contribution < -0.4 is 4.74 Å². The second-order valence-electron chi connectivity index (χ2n) is 7.64. The molecule has 3 heterocycles. The molecule has 1 aromatic heterocycles. The van der Waals surface area contributed by atoms with E-state index >= 15 is 0 Å². The molecule has 0 unspecified atom stereocenters. The summed E-state index contributed by atoms with van der Waals surface area (Å²) in [5, 5.41) is 0. The Balaban J connectivity index is 1.28. The largest absolute Gasteiger partial charge is 0.473 e. The van der Waals surface area contributed by atoms with Crippen molar-refractivity contribution >= 4 is 5.91 Å². The van der Waals surface area contributed by atoms with Crippen molar-refractivity contribution in [3.8, 4) is 5.88 Å². The summed E-state index contributed by atoms with van der Waals surface area (Å²) in [5.41, 5.74) is 0.536. The lowest BCUT2D eigenvalue weighted by molar-refractivity contribution is -0.143. The van der Waals surface area contributed by atoms with Gasteiger partial charge in [-0.2, -0.15) is 0 Å². The van der Waals surface area contributed by atoms with Crippen LogP contribution in [0, 0.1) is 0 Å². The topological polar surface area (TPSA) is 64.6 Å². The van der Waals surface area contributed by atoms with Crippen molar-refractivity contribution in [2.75, 3.05) is 0 Å². The van der Waals surface area contributed by atoms with E-state index < -0.39 is 5.60 Å². The first-order chi connectivity index (χ1) is 13.3. The second kappa shape index (κ2) is 6.60. The van der Waals surface area contributed by atoms with Crippen LogP contribution in [0.15, 0.2) is 48.9 Å². The van der Waals surface area contributed by atoms with E-state index in [4.69, 9.17) is 9.47 Å². The van der Waals surface area contributed by atoms with Crippen molar-refractivity contribution < 1.29 is 14.3 Å². The number of fused-ring (bicyclic) bond motifs is 1. The molecule has 1 spiro atoms. The predicted octanol–water partition coefficient (Wildman–Crippen LogP) is 3.26. The number of ether oxygens (including phenoxy) is 2. The molecule has 6 heteroatoms. The Morgan fingerprint density at radius 3 is 2.63 bits per heavy atom. The molecule has 2 atom stereocenters. The molecule has 1 amide bonds. The van der Waals surface area contributed by atoms with Gasteiger partial charge in [0, 0.05) is 12.4 Å². The summed E-state index contributed by atoms with van der Waals surface area (Å²) in [5.74, 6) is 0.707. The van der Waals surface area contributed by atoms with Crippen LogP contribution in [0.4, 0.5) is 0 Å². The van der Waals surface area contributed by atoms with Crippen molar-refractivity contribution in [1.29, 1.82) is 0 Å². The highest BCUT2D eigenvalue weighted by Gasteiger charge is 2.58. The molecule has 0 radical (unpaired) electrons. The maximum Gasteiger partial charge on any atom is 0.257 e. The summed E-state index contributed by atoms with van der Waals surface area (Å²) in [7, 11) is 0. The molecule has 0 bridgehead atoms. The summed E-state index contributed by atoms with van der Waals surface area (Å²) in [4.78, 5) is 23.6. The molecule has 2 saturated heterocycles. The molecule has 3 aliphatic rings. The van der Waals surface area contributed by atoms with Crippen LogP contribution in [0.5, 0.6) is 5.88 Å². The highest BCUT2D eigenvalue weighted by Crippen LogP contribution is 2.49. The van der Waals surface area contributed by atoms with E-state index in [0.717, 1.165) is 25.7 Å². The molecule has 3 fully saturated rings. The third kappa shape index (κ3) is 2.88. The number of rotatable bonds is 3. The van der Waals surface area contributed by atoms with Crippen LogP contribution in [0.3, 0.4) is 0 Å². The standard InChI is InChI=1S/C21H23N3O3/c25-20-21(10-8-16(9-11-21)26-18-14-22-12-13-23-18)27-19-7-6-17(24(19)20)15-4-2-1-3-5-15/h1-5,12-14,16-17,19H,6-11H2/t16?,17-,19+,21?/m0/s1. The normalized spacial score (nSPS) is 32.7. The van der Waals surface area contributed by atoms with E-state index in [1.54, 1.807) is 18.6 Å². The number of carbonyl (C=O) groups is 1. The summed E-state index contributed by atoms with van der Waals surface area (Å²) < 4.78 is 12.3. The van der Waals surface area contributed by atoms with Gasteiger partial charge in [0.05, 0.1) is 12.2 Å². The Labute approximate surface area is 158 Å². The first-order valence-corrected chi connectivity index (χ1v) is 9.73. The molecule has 1 aliphatic carbocycles. The smallest absolute Gasteiger partial charge is 0.257 e. The molecule has 2 aliphatic heterocycles. The SMILES string of the molecule is O=C1N2[C@@H](CC[C@H]2c2ccccc2)OC12CCC(Oc1cnccn1)CC2. The first-order valence-electron chi connectivity index (χ1n) is 9.73. The van der Waals surface area contributed by atoms with E-state index in [2.05, 4.69) is 22.1 Å². The van der Waals surface area contributed by atoms with Gasteiger partial charge in [-0.05, 0) is 44.1 Å². The van der Waals surface area contributed by atoms with Crippen molar-refractivity contribution in [3.05, 3.63) is 54.5 Å². The molecular formula is C21H23N3O3. The molecule has 0 N–H and O–H groups in total. The van der Waals surface area contributed by atoms with Gasteiger partial charge in [-0.1, -0.05) is 30.3 Å². The Kier molecular flexibility index (Phi) is 4.08. The fourth-order valence-corrected chi connectivity index (χ4v) is 4.74. The number of nitrogens with zero attached hydrogens (tertiary/aromatic N) is 3. The lowest BCUT2D eigenvalue weighted by Crippen LogP contribution is -2.46.